The molecule has 0 saturated heterocycles. The molecule has 17 heavy (non-hydrogen) atoms. The van der Waals surface area contributed by atoms with Gasteiger partial charge in [-0.15, -0.1) is 0 Å². The SMILES string of the molecule is CC(Nc1ccc(Br)cc1)c1ccc(O)cc1. The molecule has 0 bridgehead atoms. The van der Waals surface area contributed by atoms with E-state index in [0.29, 0.717) is 5.75 Å². The fraction of sp³-hybridized carbons (Fsp3) is 0.143. The lowest BCUT2D eigenvalue weighted by Gasteiger charge is -2.15. The Hall–Kier alpha value is -1.48. The molecular weight excluding hydrogens is 278 g/mol. The molecule has 0 aromatic heterocycles. The monoisotopic (exact) mass is 291 g/mol. The summed E-state index contributed by atoms with van der Waals surface area (Å²) in [5, 5.41) is 12.6. The summed E-state index contributed by atoms with van der Waals surface area (Å²) < 4.78 is 1.07. The molecule has 2 nitrogen and oxygen atoms in total. The van der Waals surface area contributed by atoms with Gasteiger partial charge < -0.3 is 10.4 Å². The van der Waals surface area contributed by atoms with Crippen molar-refractivity contribution in [3.63, 3.8) is 0 Å². The Balaban J connectivity index is 2.08. The van der Waals surface area contributed by atoms with Gasteiger partial charge in [0.05, 0.1) is 0 Å². The third-order valence-corrected chi connectivity index (χ3v) is 3.15. The summed E-state index contributed by atoms with van der Waals surface area (Å²) in [5.74, 6) is 0.296. The lowest BCUT2D eigenvalue weighted by Crippen LogP contribution is -2.05. The molecule has 0 amide bonds. The second kappa shape index (κ2) is 5.23. The number of anilines is 1. The zero-order chi connectivity index (χ0) is 12.3. The van der Waals surface area contributed by atoms with Gasteiger partial charge in [-0.05, 0) is 48.9 Å². The van der Waals surface area contributed by atoms with Crippen molar-refractivity contribution in [3.8, 4) is 5.75 Å². The van der Waals surface area contributed by atoms with Crippen LogP contribution in [0.4, 0.5) is 5.69 Å². The van der Waals surface area contributed by atoms with Crippen molar-refractivity contribution in [1.29, 1.82) is 0 Å². The molecule has 0 fully saturated rings. The first-order chi connectivity index (χ1) is 8.15. The lowest BCUT2D eigenvalue weighted by molar-refractivity contribution is 0.475. The summed E-state index contributed by atoms with van der Waals surface area (Å²) in [4.78, 5) is 0. The Morgan fingerprint density at radius 3 is 2.18 bits per heavy atom. The zero-order valence-electron chi connectivity index (χ0n) is 9.52. The first-order valence-corrected chi connectivity index (χ1v) is 6.25. The molecule has 0 aliphatic carbocycles. The van der Waals surface area contributed by atoms with Gasteiger partial charge in [-0.2, -0.15) is 0 Å². The predicted octanol–water partition coefficient (Wildman–Crippen LogP) is 4.33. The first kappa shape index (κ1) is 12.0. The summed E-state index contributed by atoms with van der Waals surface area (Å²) in [7, 11) is 0. The van der Waals surface area contributed by atoms with E-state index >= 15 is 0 Å². The van der Waals surface area contributed by atoms with Crippen molar-refractivity contribution in [2.24, 2.45) is 0 Å². The molecular formula is C14H14BrNO. The van der Waals surface area contributed by atoms with Crippen LogP contribution in [-0.4, -0.2) is 5.11 Å². The van der Waals surface area contributed by atoms with Crippen molar-refractivity contribution in [3.05, 3.63) is 58.6 Å². The highest BCUT2D eigenvalue weighted by molar-refractivity contribution is 9.10. The number of phenols is 1. The first-order valence-electron chi connectivity index (χ1n) is 5.46. The van der Waals surface area contributed by atoms with E-state index in [1.165, 1.54) is 0 Å². The molecule has 3 heteroatoms. The minimum atomic E-state index is 0.205. The number of hydrogen-bond acceptors (Lipinski definition) is 2. The largest absolute Gasteiger partial charge is 0.508 e. The molecule has 0 saturated carbocycles. The van der Waals surface area contributed by atoms with Gasteiger partial charge in [0.15, 0.2) is 0 Å². The zero-order valence-corrected chi connectivity index (χ0v) is 11.1. The van der Waals surface area contributed by atoms with Crippen LogP contribution in [-0.2, 0) is 0 Å². The van der Waals surface area contributed by atoms with Gasteiger partial charge in [-0.1, -0.05) is 28.1 Å². The van der Waals surface area contributed by atoms with Crippen molar-refractivity contribution >= 4 is 21.6 Å². The maximum absolute atomic E-state index is 9.23. The molecule has 0 radical (unpaired) electrons. The molecule has 1 atom stereocenters. The van der Waals surface area contributed by atoms with Crippen LogP contribution in [0, 0.1) is 0 Å². The van der Waals surface area contributed by atoms with E-state index in [1.54, 1.807) is 12.1 Å². The molecule has 88 valence electrons. The van der Waals surface area contributed by atoms with Gasteiger partial charge in [0.25, 0.3) is 0 Å². The van der Waals surface area contributed by atoms with Crippen LogP contribution in [0.25, 0.3) is 0 Å². The van der Waals surface area contributed by atoms with Gasteiger partial charge in [0, 0.05) is 16.2 Å². The van der Waals surface area contributed by atoms with Crippen LogP contribution >= 0.6 is 15.9 Å². The molecule has 2 aromatic rings. The van der Waals surface area contributed by atoms with E-state index in [9.17, 15) is 5.11 Å². The van der Waals surface area contributed by atoms with Gasteiger partial charge in [-0.25, -0.2) is 0 Å². The van der Waals surface area contributed by atoms with Crippen molar-refractivity contribution in [1.82, 2.24) is 0 Å². The van der Waals surface area contributed by atoms with Crippen LogP contribution in [0.15, 0.2) is 53.0 Å². The Kier molecular flexibility index (Phi) is 3.69. The summed E-state index contributed by atoms with van der Waals surface area (Å²) in [5.41, 5.74) is 2.22. The number of phenolic OH excluding ortho intramolecular Hbond substituents is 1. The molecule has 0 aliphatic heterocycles. The topological polar surface area (TPSA) is 32.3 Å². The van der Waals surface area contributed by atoms with Crippen LogP contribution in [0.3, 0.4) is 0 Å². The molecule has 2 N–H and O–H groups in total. The molecule has 0 spiro atoms. The Bertz CT molecular complexity index is 479. The minimum Gasteiger partial charge on any atom is -0.508 e. The average molecular weight is 292 g/mol. The molecule has 2 aromatic carbocycles. The molecule has 1 unspecified atom stereocenters. The highest BCUT2D eigenvalue weighted by atomic mass is 79.9. The third-order valence-electron chi connectivity index (χ3n) is 2.62. The van der Waals surface area contributed by atoms with Gasteiger partial charge in [0.2, 0.25) is 0 Å². The average Bonchev–Trinajstić information content (AvgIpc) is 2.33. The Labute approximate surface area is 109 Å². The smallest absolute Gasteiger partial charge is 0.115 e. The van der Waals surface area contributed by atoms with Crippen LogP contribution < -0.4 is 5.32 Å². The highest BCUT2D eigenvalue weighted by Gasteiger charge is 2.04. The van der Waals surface area contributed by atoms with Crippen molar-refractivity contribution < 1.29 is 5.11 Å². The summed E-state index contributed by atoms with van der Waals surface area (Å²) in [6, 6.07) is 15.5. The standard InChI is InChI=1S/C14H14BrNO/c1-10(11-2-8-14(17)9-3-11)16-13-6-4-12(15)5-7-13/h2-10,16-17H,1H3. The van der Waals surface area contributed by atoms with E-state index in [4.69, 9.17) is 0 Å². The number of aromatic hydroxyl groups is 1. The lowest BCUT2D eigenvalue weighted by atomic mass is 10.1. The number of nitrogens with one attached hydrogen (secondary N) is 1. The fourth-order valence-electron chi connectivity index (χ4n) is 1.64. The van der Waals surface area contributed by atoms with Crippen molar-refractivity contribution in [2.75, 3.05) is 5.32 Å². The quantitative estimate of drug-likeness (QED) is 0.882. The van der Waals surface area contributed by atoms with Gasteiger partial charge in [-0.3, -0.25) is 0 Å². The van der Waals surface area contributed by atoms with Crippen LogP contribution in [0.5, 0.6) is 5.75 Å². The van der Waals surface area contributed by atoms with E-state index in [0.717, 1.165) is 15.7 Å². The van der Waals surface area contributed by atoms with E-state index in [2.05, 4.69) is 28.2 Å². The summed E-state index contributed by atoms with van der Waals surface area (Å²) in [6.07, 6.45) is 0. The third kappa shape index (κ3) is 3.24. The van der Waals surface area contributed by atoms with Crippen LogP contribution in [0.2, 0.25) is 0 Å². The number of rotatable bonds is 3. The molecule has 0 heterocycles. The van der Waals surface area contributed by atoms with E-state index < -0.39 is 0 Å². The van der Waals surface area contributed by atoms with Gasteiger partial charge >= 0.3 is 0 Å². The summed E-state index contributed by atoms with van der Waals surface area (Å²) in [6.45, 7) is 2.09. The second-order valence-electron chi connectivity index (χ2n) is 3.96. The Morgan fingerprint density at radius 1 is 1.00 bits per heavy atom. The normalized spacial score (nSPS) is 12.1. The highest BCUT2D eigenvalue weighted by Crippen LogP contribution is 2.22. The number of halogens is 1. The van der Waals surface area contributed by atoms with Gasteiger partial charge in [0.1, 0.15) is 5.75 Å². The molecule has 2 rings (SSSR count). The fourth-order valence-corrected chi connectivity index (χ4v) is 1.91. The maximum Gasteiger partial charge on any atom is 0.115 e. The number of hydrogen-bond donors (Lipinski definition) is 2. The summed E-state index contributed by atoms with van der Waals surface area (Å²) >= 11 is 3.41. The predicted molar refractivity (Wildman–Crippen MR) is 74.3 cm³/mol. The number of benzene rings is 2. The minimum absolute atomic E-state index is 0.205. The van der Waals surface area contributed by atoms with E-state index in [1.807, 2.05) is 36.4 Å². The van der Waals surface area contributed by atoms with E-state index in [-0.39, 0.29) is 6.04 Å². The maximum atomic E-state index is 9.23. The Morgan fingerprint density at radius 2 is 1.59 bits per heavy atom. The molecule has 0 aliphatic rings. The van der Waals surface area contributed by atoms with Crippen molar-refractivity contribution in [2.45, 2.75) is 13.0 Å². The van der Waals surface area contributed by atoms with Crippen LogP contribution in [0.1, 0.15) is 18.5 Å². The second-order valence-corrected chi connectivity index (χ2v) is 4.88.